The van der Waals surface area contributed by atoms with E-state index < -0.39 is 0 Å². The normalized spacial score (nSPS) is 16.4. The van der Waals surface area contributed by atoms with Crippen LogP contribution in [-0.4, -0.2) is 74.1 Å². The fraction of sp³-hybridized carbons (Fsp3) is 0.524. The maximum atomic E-state index is 12.3. The van der Waals surface area contributed by atoms with Gasteiger partial charge in [-0.3, -0.25) is 9.69 Å². The first-order valence-corrected chi connectivity index (χ1v) is 9.87. The number of anilines is 1. The molecule has 1 aromatic rings. The third-order valence-electron chi connectivity index (χ3n) is 5.06. The predicted octanol–water partition coefficient (Wildman–Crippen LogP) is 2.00. The van der Waals surface area contributed by atoms with Gasteiger partial charge in [0.2, 0.25) is 0 Å². The lowest BCUT2D eigenvalue weighted by molar-refractivity contribution is 0.0890. The van der Waals surface area contributed by atoms with Gasteiger partial charge in [-0.2, -0.15) is 0 Å². The molecular weight excluding hydrogens is 354 g/mol. The van der Waals surface area contributed by atoms with Crippen molar-refractivity contribution in [2.75, 3.05) is 51.6 Å². The second-order valence-corrected chi connectivity index (χ2v) is 7.56. The largest absolute Gasteiger partial charge is 0.349 e. The highest BCUT2D eigenvalue weighted by Gasteiger charge is 2.25. The number of likely N-dealkylation sites (N-methyl/N-ethyl adjacent to an activating group) is 1. The van der Waals surface area contributed by atoms with Crippen molar-refractivity contribution in [3.63, 3.8) is 0 Å². The van der Waals surface area contributed by atoms with E-state index in [0.717, 1.165) is 26.2 Å². The van der Waals surface area contributed by atoms with Gasteiger partial charge in [0.05, 0.1) is 0 Å². The first-order valence-electron chi connectivity index (χ1n) is 9.87. The van der Waals surface area contributed by atoms with Crippen molar-refractivity contribution in [1.82, 2.24) is 20.4 Å². The lowest BCUT2D eigenvalue weighted by Gasteiger charge is -2.39. The zero-order valence-electron chi connectivity index (χ0n) is 17.2. The van der Waals surface area contributed by atoms with Crippen LogP contribution in [0.4, 0.5) is 10.5 Å². The van der Waals surface area contributed by atoms with Crippen LogP contribution in [0.3, 0.4) is 0 Å². The summed E-state index contributed by atoms with van der Waals surface area (Å²) >= 11 is 0. The van der Waals surface area contributed by atoms with Crippen LogP contribution >= 0.6 is 0 Å². The van der Waals surface area contributed by atoms with E-state index in [1.807, 2.05) is 0 Å². The maximum absolute atomic E-state index is 12.3. The molecule has 0 bridgehead atoms. The van der Waals surface area contributed by atoms with Crippen LogP contribution in [0.1, 0.15) is 24.2 Å². The number of hydrogen-bond donors (Lipinski definition) is 3. The number of carbonyl (C=O) groups is 2. The van der Waals surface area contributed by atoms with Crippen molar-refractivity contribution in [3.8, 4) is 0 Å². The first-order chi connectivity index (χ1) is 13.4. The minimum absolute atomic E-state index is 0.164. The molecule has 1 atom stereocenters. The van der Waals surface area contributed by atoms with E-state index in [-0.39, 0.29) is 11.9 Å². The smallest absolute Gasteiger partial charge is 0.319 e. The van der Waals surface area contributed by atoms with Crippen LogP contribution in [-0.2, 0) is 0 Å². The van der Waals surface area contributed by atoms with Crippen molar-refractivity contribution >= 4 is 17.6 Å². The number of benzene rings is 1. The molecule has 154 valence electrons. The first kappa shape index (κ1) is 21.9. The molecule has 1 aliphatic rings. The Hall–Kier alpha value is -2.38. The monoisotopic (exact) mass is 387 g/mol. The fourth-order valence-electron chi connectivity index (χ4n) is 3.28. The molecular formula is C21H33N5O2. The Morgan fingerprint density at radius 2 is 1.75 bits per heavy atom. The second-order valence-electron chi connectivity index (χ2n) is 7.56. The zero-order valence-corrected chi connectivity index (χ0v) is 17.2. The molecule has 1 aliphatic heterocycles. The van der Waals surface area contributed by atoms with Crippen molar-refractivity contribution in [1.29, 1.82) is 0 Å². The fourth-order valence-corrected chi connectivity index (χ4v) is 3.28. The molecule has 0 saturated carbocycles. The molecule has 1 saturated heterocycles. The number of carbonyl (C=O) groups excluding carboxylic acids is 2. The predicted molar refractivity (Wildman–Crippen MR) is 114 cm³/mol. The molecule has 3 N–H and O–H groups in total. The Morgan fingerprint density at radius 3 is 2.32 bits per heavy atom. The average Bonchev–Trinajstić information content (AvgIpc) is 2.68. The van der Waals surface area contributed by atoms with Gasteiger partial charge in [0.25, 0.3) is 5.91 Å². The van der Waals surface area contributed by atoms with Gasteiger partial charge in [-0.1, -0.05) is 19.9 Å². The standard InChI is InChI=1S/C21H33N5O2/c1-5-10-22-20(27)17-6-8-18(9-7-17)24-21(28)23-15-19(16(2)3)26-13-11-25(4)12-14-26/h5-9,16,19H,1,10-15H2,2-4H3,(H,22,27)(H2,23,24,28). The summed E-state index contributed by atoms with van der Waals surface area (Å²) < 4.78 is 0. The summed E-state index contributed by atoms with van der Waals surface area (Å²) in [4.78, 5) is 29.0. The quantitative estimate of drug-likeness (QED) is 0.596. The molecule has 7 heteroatoms. The lowest BCUT2D eigenvalue weighted by Crippen LogP contribution is -2.54. The summed E-state index contributed by atoms with van der Waals surface area (Å²) in [5.74, 6) is 0.292. The maximum Gasteiger partial charge on any atom is 0.319 e. The molecule has 0 aliphatic carbocycles. The van der Waals surface area contributed by atoms with E-state index in [0.29, 0.717) is 36.3 Å². The van der Waals surface area contributed by atoms with Crippen LogP contribution in [0, 0.1) is 5.92 Å². The number of urea groups is 1. The average molecular weight is 388 g/mol. The molecule has 28 heavy (non-hydrogen) atoms. The Kier molecular flexibility index (Phi) is 8.47. The van der Waals surface area contributed by atoms with Crippen LogP contribution in [0.5, 0.6) is 0 Å². The van der Waals surface area contributed by atoms with Gasteiger partial charge < -0.3 is 20.9 Å². The van der Waals surface area contributed by atoms with Crippen molar-refractivity contribution < 1.29 is 9.59 Å². The minimum atomic E-state index is -0.233. The summed E-state index contributed by atoms with van der Waals surface area (Å²) in [6, 6.07) is 6.91. The van der Waals surface area contributed by atoms with Crippen LogP contribution in [0.2, 0.25) is 0 Å². The van der Waals surface area contributed by atoms with Crippen LogP contribution in [0.25, 0.3) is 0 Å². The summed E-state index contributed by atoms with van der Waals surface area (Å²) in [7, 11) is 2.14. The SMILES string of the molecule is C=CCNC(=O)c1ccc(NC(=O)NCC(C(C)C)N2CCN(C)CC2)cc1. The van der Waals surface area contributed by atoms with Gasteiger partial charge in [0.1, 0.15) is 0 Å². The Labute approximate surface area is 168 Å². The van der Waals surface area contributed by atoms with Crippen molar-refractivity contribution in [2.24, 2.45) is 5.92 Å². The Balaban J connectivity index is 1.83. The van der Waals surface area contributed by atoms with E-state index >= 15 is 0 Å². The van der Waals surface area contributed by atoms with Gasteiger partial charge in [-0.15, -0.1) is 6.58 Å². The zero-order chi connectivity index (χ0) is 20.5. The minimum Gasteiger partial charge on any atom is -0.349 e. The number of piperazine rings is 1. The third-order valence-corrected chi connectivity index (χ3v) is 5.06. The van der Waals surface area contributed by atoms with Gasteiger partial charge >= 0.3 is 6.03 Å². The number of amides is 3. The lowest BCUT2D eigenvalue weighted by atomic mass is 10.0. The van der Waals surface area contributed by atoms with E-state index in [4.69, 9.17) is 0 Å². The molecule has 1 aromatic carbocycles. The van der Waals surface area contributed by atoms with Crippen LogP contribution in [0.15, 0.2) is 36.9 Å². The van der Waals surface area contributed by atoms with Gasteiger partial charge in [0, 0.05) is 56.6 Å². The van der Waals surface area contributed by atoms with Gasteiger partial charge in [0.15, 0.2) is 0 Å². The van der Waals surface area contributed by atoms with E-state index in [1.165, 1.54) is 0 Å². The molecule has 1 heterocycles. The number of hydrogen-bond acceptors (Lipinski definition) is 4. The van der Waals surface area contributed by atoms with Crippen LogP contribution < -0.4 is 16.0 Å². The third kappa shape index (κ3) is 6.65. The molecule has 7 nitrogen and oxygen atoms in total. The topological polar surface area (TPSA) is 76.7 Å². The van der Waals surface area contributed by atoms with Gasteiger partial charge in [-0.05, 0) is 37.2 Å². The van der Waals surface area contributed by atoms with Crippen molar-refractivity contribution in [2.45, 2.75) is 19.9 Å². The summed E-state index contributed by atoms with van der Waals surface area (Å²) in [5.41, 5.74) is 1.20. The molecule has 1 fully saturated rings. The highest BCUT2D eigenvalue weighted by atomic mass is 16.2. The van der Waals surface area contributed by atoms with E-state index in [1.54, 1.807) is 30.3 Å². The Bertz CT molecular complexity index is 651. The molecule has 0 spiro atoms. The number of rotatable bonds is 8. The second kappa shape index (κ2) is 10.8. The highest BCUT2D eigenvalue weighted by molar-refractivity contribution is 5.95. The van der Waals surface area contributed by atoms with Gasteiger partial charge in [-0.25, -0.2) is 4.79 Å². The van der Waals surface area contributed by atoms with E-state index in [9.17, 15) is 9.59 Å². The van der Waals surface area contributed by atoms with Crippen molar-refractivity contribution in [3.05, 3.63) is 42.5 Å². The summed E-state index contributed by atoms with van der Waals surface area (Å²) in [6.07, 6.45) is 1.63. The summed E-state index contributed by atoms with van der Waals surface area (Å²) in [6.45, 7) is 13.2. The molecule has 3 amide bonds. The van der Waals surface area contributed by atoms with E-state index in [2.05, 4.69) is 53.2 Å². The summed E-state index contributed by atoms with van der Waals surface area (Å²) in [5, 5.41) is 8.54. The number of nitrogens with one attached hydrogen (secondary N) is 3. The number of nitrogens with zero attached hydrogens (tertiary/aromatic N) is 2. The molecule has 2 rings (SSSR count). The molecule has 1 unspecified atom stereocenters. The Morgan fingerprint density at radius 1 is 1.11 bits per heavy atom. The highest BCUT2D eigenvalue weighted by Crippen LogP contribution is 2.13. The molecule has 0 radical (unpaired) electrons. The molecule has 0 aromatic heterocycles.